The first kappa shape index (κ1) is 9.45. The summed E-state index contributed by atoms with van der Waals surface area (Å²) >= 11 is 0. The highest BCUT2D eigenvalue weighted by Crippen LogP contribution is 2.36. The van der Waals surface area contributed by atoms with Crippen LogP contribution in [0.5, 0.6) is 0 Å². The fourth-order valence-electron chi connectivity index (χ4n) is 2.14. The Kier molecular flexibility index (Phi) is 2.67. The average molecular weight is 190 g/mol. The van der Waals surface area contributed by atoms with Crippen molar-refractivity contribution >= 4 is 0 Å². The van der Waals surface area contributed by atoms with E-state index in [1.54, 1.807) is 0 Å². The molecule has 1 aromatic rings. The minimum absolute atomic E-state index is 0.0849. The molecule has 2 atom stereocenters. The van der Waals surface area contributed by atoms with Crippen molar-refractivity contribution in [3.8, 4) is 0 Å². The topological polar surface area (TPSA) is 0 Å². The molecule has 2 rings (SSSR count). The van der Waals surface area contributed by atoms with Crippen molar-refractivity contribution in [3.63, 3.8) is 0 Å². The summed E-state index contributed by atoms with van der Waals surface area (Å²) in [5, 5.41) is 0. The molecule has 1 aromatic carbocycles. The van der Waals surface area contributed by atoms with Crippen molar-refractivity contribution in [3.05, 3.63) is 48.0 Å². The van der Waals surface area contributed by atoms with Gasteiger partial charge < -0.3 is 0 Å². The molecule has 0 radical (unpaired) electrons. The van der Waals surface area contributed by atoms with E-state index < -0.39 is 6.17 Å². The van der Waals surface area contributed by atoms with Crippen molar-refractivity contribution in [1.29, 1.82) is 0 Å². The lowest BCUT2D eigenvalue weighted by Gasteiger charge is -2.27. The van der Waals surface area contributed by atoms with Crippen molar-refractivity contribution in [1.82, 2.24) is 0 Å². The van der Waals surface area contributed by atoms with Gasteiger partial charge in [-0.2, -0.15) is 0 Å². The maximum absolute atomic E-state index is 13.7. The molecular weight excluding hydrogens is 175 g/mol. The summed E-state index contributed by atoms with van der Waals surface area (Å²) in [6.45, 7) is 3.85. The van der Waals surface area contributed by atoms with Crippen LogP contribution in [0.4, 0.5) is 4.39 Å². The largest absolute Gasteiger partial charge is 0.246 e. The second kappa shape index (κ2) is 3.95. The number of benzene rings is 1. The summed E-state index contributed by atoms with van der Waals surface area (Å²) in [4.78, 5) is 0. The van der Waals surface area contributed by atoms with Gasteiger partial charge in [0.2, 0.25) is 0 Å². The molecule has 0 saturated heterocycles. The Hall–Kier alpha value is -1.11. The molecule has 0 nitrogen and oxygen atoms in total. The zero-order valence-electron chi connectivity index (χ0n) is 8.25. The van der Waals surface area contributed by atoms with Gasteiger partial charge in [-0.1, -0.05) is 42.5 Å². The third-order valence-corrected chi connectivity index (χ3v) is 2.96. The highest BCUT2D eigenvalue weighted by Gasteiger charge is 2.27. The second-order valence-corrected chi connectivity index (χ2v) is 4.03. The van der Waals surface area contributed by atoms with Crippen molar-refractivity contribution in [2.24, 2.45) is 0 Å². The first-order valence-corrected chi connectivity index (χ1v) is 5.13. The van der Waals surface area contributed by atoms with Crippen LogP contribution in [0.3, 0.4) is 0 Å². The molecule has 0 aliphatic heterocycles. The predicted octanol–water partition coefficient (Wildman–Crippen LogP) is 3.85. The van der Waals surface area contributed by atoms with Gasteiger partial charge in [-0.25, -0.2) is 4.39 Å². The van der Waals surface area contributed by atoms with E-state index in [4.69, 9.17) is 0 Å². The van der Waals surface area contributed by atoms with Gasteiger partial charge in [-0.3, -0.25) is 0 Å². The summed E-state index contributed by atoms with van der Waals surface area (Å²) < 4.78 is 13.7. The molecule has 1 aliphatic carbocycles. The molecule has 0 aromatic heterocycles. The molecule has 2 unspecified atom stereocenters. The molecule has 14 heavy (non-hydrogen) atoms. The quantitative estimate of drug-likeness (QED) is 0.590. The molecule has 0 heterocycles. The van der Waals surface area contributed by atoms with E-state index in [-0.39, 0.29) is 5.92 Å². The monoisotopic (exact) mass is 190 g/mol. The molecular formula is C13H15F. The smallest absolute Gasteiger partial charge is 0.111 e. The van der Waals surface area contributed by atoms with E-state index in [0.717, 1.165) is 24.0 Å². The highest BCUT2D eigenvalue weighted by atomic mass is 19.1. The van der Waals surface area contributed by atoms with Gasteiger partial charge in [0.05, 0.1) is 0 Å². The maximum atomic E-state index is 13.7. The SMILES string of the molecule is C=C1CCC(c2ccccc2)C(F)C1. The highest BCUT2D eigenvalue weighted by molar-refractivity contribution is 5.23. The van der Waals surface area contributed by atoms with Crippen molar-refractivity contribution < 1.29 is 4.39 Å². The third kappa shape index (κ3) is 1.87. The number of alkyl halides is 1. The van der Waals surface area contributed by atoms with E-state index in [9.17, 15) is 4.39 Å². The molecule has 1 fully saturated rings. The minimum Gasteiger partial charge on any atom is -0.246 e. The Bertz CT molecular complexity index is 315. The number of rotatable bonds is 1. The molecule has 0 spiro atoms. The minimum atomic E-state index is -0.737. The first-order chi connectivity index (χ1) is 6.77. The number of hydrogen-bond donors (Lipinski definition) is 0. The van der Waals surface area contributed by atoms with E-state index >= 15 is 0 Å². The maximum Gasteiger partial charge on any atom is 0.111 e. The fourth-order valence-corrected chi connectivity index (χ4v) is 2.14. The van der Waals surface area contributed by atoms with Crippen LogP contribution in [0.15, 0.2) is 42.5 Å². The van der Waals surface area contributed by atoms with Gasteiger partial charge in [0.1, 0.15) is 6.17 Å². The van der Waals surface area contributed by atoms with Gasteiger partial charge in [0.15, 0.2) is 0 Å². The van der Waals surface area contributed by atoms with Crippen molar-refractivity contribution in [2.75, 3.05) is 0 Å². The van der Waals surface area contributed by atoms with E-state index in [0.29, 0.717) is 6.42 Å². The number of hydrogen-bond acceptors (Lipinski definition) is 0. The van der Waals surface area contributed by atoms with Gasteiger partial charge in [0, 0.05) is 5.92 Å². The zero-order valence-corrected chi connectivity index (χ0v) is 8.25. The molecule has 0 amide bonds. The molecule has 0 bridgehead atoms. The summed E-state index contributed by atoms with van der Waals surface area (Å²) in [6.07, 6.45) is 1.68. The fraction of sp³-hybridized carbons (Fsp3) is 0.385. The summed E-state index contributed by atoms with van der Waals surface area (Å²) in [5.74, 6) is 0.0849. The van der Waals surface area contributed by atoms with Crippen LogP contribution >= 0.6 is 0 Å². The van der Waals surface area contributed by atoms with Crippen LogP contribution in [-0.4, -0.2) is 6.17 Å². The summed E-state index contributed by atoms with van der Waals surface area (Å²) in [5.41, 5.74) is 2.19. The first-order valence-electron chi connectivity index (χ1n) is 5.13. The Morgan fingerprint density at radius 1 is 1.21 bits per heavy atom. The molecule has 1 aliphatic rings. The van der Waals surface area contributed by atoms with E-state index in [1.165, 1.54) is 0 Å². The lowest BCUT2D eigenvalue weighted by atomic mass is 9.81. The standard InChI is InChI=1S/C13H15F/c1-10-7-8-12(13(14)9-10)11-5-3-2-4-6-11/h2-6,12-13H,1,7-9H2. The van der Waals surface area contributed by atoms with Crippen LogP contribution in [-0.2, 0) is 0 Å². The Labute approximate surface area is 84.5 Å². The van der Waals surface area contributed by atoms with Gasteiger partial charge in [-0.05, 0) is 24.8 Å². The number of halogens is 1. The van der Waals surface area contributed by atoms with E-state index in [2.05, 4.69) is 6.58 Å². The molecule has 1 heteroatoms. The average Bonchev–Trinajstić information content (AvgIpc) is 2.19. The number of allylic oxidation sites excluding steroid dienone is 1. The zero-order chi connectivity index (χ0) is 9.97. The van der Waals surface area contributed by atoms with Gasteiger partial charge in [0.25, 0.3) is 0 Å². The lowest BCUT2D eigenvalue weighted by molar-refractivity contribution is 0.247. The van der Waals surface area contributed by atoms with Crippen LogP contribution < -0.4 is 0 Å². The molecule has 1 saturated carbocycles. The Balaban J connectivity index is 2.16. The normalized spacial score (nSPS) is 27.6. The van der Waals surface area contributed by atoms with Crippen LogP contribution in [0, 0.1) is 0 Å². The molecule has 74 valence electrons. The second-order valence-electron chi connectivity index (χ2n) is 4.03. The van der Waals surface area contributed by atoms with Gasteiger partial charge >= 0.3 is 0 Å². The van der Waals surface area contributed by atoms with Crippen molar-refractivity contribution in [2.45, 2.75) is 31.4 Å². The van der Waals surface area contributed by atoms with Gasteiger partial charge in [-0.15, -0.1) is 0 Å². The third-order valence-electron chi connectivity index (χ3n) is 2.96. The Morgan fingerprint density at radius 2 is 1.93 bits per heavy atom. The Morgan fingerprint density at radius 3 is 2.57 bits per heavy atom. The molecule has 0 N–H and O–H groups in total. The summed E-state index contributed by atoms with van der Waals surface area (Å²) in [6, 6.07) is 9.96. The van der Waals surface area contributed by atoms with Crippen LogP contribution in [0.2, 0.25) is 0 Å². The summed E-state index contributed by atoms with van der Waals surface area (Å²) in [7, 11) is 0. The lowest BCUT2D eigenvalue weighted by Crippen LogP contribution is -2.19. The van der Waals surface area contributed by atoms with Crippen LogP contribution in [0.1, 0.15) is 30.7 Å². The van der Waals surface area contributed by atoms with Crippen LogP contribution in [0.25, 0.3) is 0 Å². The predicted molar refractivity (Wildman–Crippen MR) is 57.1 cm³/mol. The van der Waals surface area contributed by atoms with E-state index in [1.807, 2.05) is 30.3 Å².